The lowest BCUT2D eigenvalue weighted by Gasteiger charge is -2.27. The Labute approximate surface area is 118 Å². The molecular weight excluding hydrogens is 248 g/mol. The first-order valence-corrected chi connectivity index (χ1v) is 6.77. The lowest BCUT2D eigenvalue weighted by atomic mass is 9.87. The van der Waals surface area contributed by atoms with Gasteiger partial charge >= 0.3 is 0 Å². The van der Waals surface area contributed by atoms with Crippen molar-refractivity contribution >= 4 is 11.5 Å². The smallest absolute Gasteiger partial charge is 0.126 e. The lowest BCUT2D eigenvalue weighted by Crippen LogP contribution is -2.18. The van der Waals surface area contributed by atoms with Gasteiger partial charge in [-0.3, -0.25) is 0 Å². The Kier molecular flexibility index (Phi) is 3.26. The lowest BCUT2D eigenvalue weighted by molar-refractivity contribution is 0.599. The minimum absolute atomic E-state index is 0.264. The normalized spacial score (nSPS) is 17.1. The monoisotopic (exact) mass is 264 g/mol. The van der Waals surface area contributed by atoms with E-state index in [1.54, 1.807) is 12.3 Å². The van der Waals surface area contributed by atoms with Crippen LogP contribution in [0.1, 0.15) is 35.6 Å². The van der Waals surface area contributed by atoms with E-state index in [1.165, 1.54) is 11.1 Å². The van der Waals surface area contributed by atoms with E-state index >= 15 is 0 Å². The standard InChI is InChI=1S/C16H16N4/c17-9-11-4-7-16(19-10-11)20-15-3-1-2-12-8-13(18)5-6-14(12)15/h4-8,10,15H,1-3,18H2,(H,19,20). The van der Waals surface area contributed by atoms with Crippen LogP contribution in [-0.4, -0.2) is 4.98 Å². The van der Waals surface area contributed by atoms with Crippen LogP contribution in [0.15, 0.2) is 36.5 Å². The number of hydrogen-bond donors (Lipinski definition) is 2. The van der Waals surface area contributed by atoms with Gasteiger partial charge in [0.1, 0.15) is 11.9 Å². The average Bonchev–Trinajstić information content (AvgIpc) is 2.48. The van der Waals surface area contributed by atoms with Crippen LogP contribution >= 0.6 is 0 Å². The molecule has 0 bridgehead atoms. The molecule has 0 spiro atoms. The van der Waals surface area contributed by atoms with Gasteiger partial charge in [-0.05, 0) is 54.7 Å². The zero-order chi connectivity index (χ0) is 13.9. The molecule has 4 nitrogen and oxygen atoms in total. The van der Waals surface area contributed by atoms with E-state index in [4.69, 9.17) is 11.0 Å². The van der Waals surface area contributed by atoms with Gasteiger partial charge in [-0.1, -0.05) is 6.07 Å². The van der Waals surface area contributed by atoms with E-state index in [2.05, 4.69) is 28.5 Å². The zero-order valence-electron chi connectivity index (χ0n) is 11.1. The largest absolute Gasteiger partial charge is 0.399 e. The molecule has 0 amide bonds. The number of fused-ring (bicyclic) bond motifs is 1. The van der Waals surface area contributed by atoms with Crippen LogP contribution in [0.2, 0.25) is 0 Å². The van der Waals surface area contributed by atoms with Gasteiger partial charge in [-0.15, -0.1) is 0 Å². The molecule has 4 heteroatoms. The Balaban J connectivity index is 1.84. The third kappa shape index (κ3) is 2.43. The first-order chi connectivity index (χ1) is 9.76. The predicted molar refractivity (Wildman–Crippen MR) is 79.1 cm³/mol. The highest BCUT2D eigenvalue weighted by Crippen LogP contribution is 2.33. The minimum Gasteiger partial charge on any atom is -0.399 e. The summed E-state index contributed by atoms with van der Waals surface area (Å²) < 4.78 is 0. The fraction of sp³-hybridized carbons (Fsp3) is 0.250. The van der Waals surface area contributed by atoms with Crippen LogP contribution < -0.4 is 11.1 Å². The number of nitrogen functional groups attached to an aromatic ring is 1. The quantitative estimate of drug-likeness (QED) is 0.817. The van der Waals surface area contributed by atoms with Crippen LogP contribution in [0.5, 0.6) is 0 Å². The van der Waals surface area contributed by atoms with Crippen molar-refractivity contribution < 1.29 is 0 Å². The molecule has 0 aliphatic heterocycles. The number of pyridine rings is 1. The van der Waals surface area contributed by atoms with Crippen LogP contribution in [-0.2, 0) is 6.42 Å². The number of anilines is 2. The number of aryl methyl sites for hydroxylation is 1. The van der Waals surface area contributed by atoms with Crippen molar-refractivity contribution in [1.82, 2.24) is 4.98 Å². The maximum Gasteiger partial charge on any atom is 0.126 e. The molecule has 0 saturated heterocycles. The first kappa shape index (κ1) is 12.5. The molecule has 20 heavy (non-hydrogen) atoms. The Hall–Kier alpha value is -2.54. The Morgan fingerprint density at radius 1 is 1.30 bits per heavy atom. The van der Waals surface area contributed by atoms with E-state index in [1.807, 2.05) is 12.1 Å². The number of rotatable bonds is 2. The summed E-state index contributed by atoms with van der Waals surface area (Å²) in [4.78, 5) is 4.28. The van der Waals surface area contributed by atoms with Crippen LogP contribution in [0.4, 0.5) is 11.5 Å². The van der Waals surface area contributed by atoms with E-state index in [0.717, 1.165) is 30.8 Å². The van der Waals surface area contributed by atoms with E-state index < -0.39 is 0 Å². The van der Waals surface area contributed by atoms with Gasteiger partial charge in [0.25, 0.3) is 0 Å². The molecule has 2 aromatic rings. The first-order valence-electron chi connectivity index (χ1n) is 6.77. The predicted octanol–water partition coefficient (Wildman–Crippen LogP) is 3.02. The summed E-state index contributed by atoms with van der Waals surface area (Å²) in [5, 5.41) is 12.2. The van der Waals surface area contributed by atoms with Gasteiger partial charge in [-0.25, -0.2) is 4.98 Å². The van der Waals surface area contributed by atoms with Gasteiger partial charge in [0.05, 0.1) is 11.6 Å². The Bertz CT molecular complexity index is 655. The number of aromatic nitrogens is 1. The van der Waals surface area contributed by atoms with Crippen molar-refractivity contribution in [2.24, 2.45) is 0 Å². The van der Waals surface area contributed by atoms with Gasteiger partial charge in [0.15, 0.2) is 0 Å². The molecule has 1 unspecified atom stereocenters. The molecule has 1 atom stereocenters. The van der Waals surface area contributed by atoms with E-state index in [-0.39, 0.29) is 6.04 Å². The number of nitrogens with two attached hydrogens (primary N) is 1. The van der Waals surface area contributed by atoms with Crippen molar-refractivity contribution in [3.8, 4) is 6.07 Å². The molecular formula is C16H16N4. The summed E-state index contributed by atoms with van der Waals surface area (Å²) >= 11 is 0. The molecule has 1 aliphatic rings. The van der Waals surface area contributed by atoms with Gasteiger partial charge < -0.3 is 11.1 Å². The Morgan fingerprint density at radius 3 is 2.95 bits per heavy atom. The van der Waals surface area contributed by atoms with Crippen molar-refractivity contribution in [3.63, 3.8) is 0 Å². The highest BCUT2D eigenvalue weighted by atomic mass is 15.0. The summed E-state index contributed by atoms with van der Waals surface area (Å²) in [6, 6.07) is 12.1. The van der Waals surface area contributed by atoms with Crippen LogP contribution in [0.25, 0.3) is 0 Å². The summed E-state index contributed by atoms with van der Waals surface area (Å²) in [5.74, 6) is 0.804. The number of nitrogens with zero attached hydrogens (tertiary/aromatic N) is 2. The second-order valence-electron chi connectivity index (χ2n) is 5.09. The van der Waals surface area contributed by atoms with Crippen LogP contribution in [0.3, 0.4) is 0 Å². The Morgan fingerprint density at radius 2 is 2.20 bits per heavy atom. The highest BCUT2D eigenvalue weighted by molar-refractivity contribution is 5.49. The third-order valence-corrected chi connectivity index (χ3v) is 3.70. The average molecular weight is 264 g/mol. The summed E-state index contributed by atoms with van der Waals surface area (Å²) in [7, 11) is 0. The molecule has 100 valence electrons. The molecule has 1 aromatic carbocycles. The summed E-state index contributed by atoms with van der Waals surface area (Å²) in [6.07, 6.45) is 4.90. The third-order valence-electron chi connectivity index (χ3n) is 3.70. The second-order valence-corrected chi connectivity index (χ2v) is 5.09. The zero-order valence-corrected chi connectivity index (χ0v) is 11.1. The fourth-order valence-corrected chi connectivity index (χ4v) is 2.71. The van der Waals surface area contributed by atoms with Crippen molar-refractivity contribution in [2.75, 3.05) is 11.1 Å². The summed E-state index contributed by atoms with van der Waals surface area (Å²) in [6.45, 7) is 0. The number of nitriles is 1. The SMILES string of the molecule is N#Cc1ccc(NC2CCCc3cc(N)ccc32)nc1. The molecule has 3 rings (SSSR count). The molecule has 0 saturated carbocycles. The molecule has 1 aliphatic carbocycles. The molecule has 1 heterocycles. The topological polar surface area (TPSA) is 74.7 Å². The van der Waals surface area contributed by atoms with Gasteiger partial charge in [0.2, 0.25) is 0 Å². The van der Waals surface area contributed by atoms with Crippen molar-refractivity contribution in [3.05, 3.63) is 53.2 Å². The summed E-state index contributed by atoms with van der Waals surface area (Å²) in [5.41, 5.74) is 9.87. The van der Waals surface area contributed by atoms with Crippen molar-refractivity contribution in [1.29, 1.82) is 5.26 Å². The van der Waals surface area contributed by atoms with Crippen LogP contribution in [0, 0.1) is 11.3 Å². The number of benzene rings is 1. The highest BCUT2D eigenvalue weighted by Gasteiger charge is 2.20. The molecule has 0 radical (unpaired) electrons. The maximum atomic E-state index is 8.78. The molecule has 1 aromatic heterocycles. The fourth-order valence-electron chi connectivity index (χ4n) is 2.71. The van der Waals surface area contributed by atoms with Gasteiger partial charge in [0, 0.05) is 11.9 Å². The second kappa shape index (κ2) is 5.22. The van der Waals surface area contributed by atoms with E-state index in [0.29, 0.717) is 5.56 Å². The minimum atomic E-state index is 0.264. The maximum absolute atomic E-state index is 8.78. The number of nitrogens with one attached hydrogen (secondary N) is 1. The molecule has 3 N–H and O–H groups in total. The van der Waals surface area contributed by atoms with E-state index in [9.17, 15) is 0 Å². The number of hydrogen-bond acceptors (Lipinski definition) is 4. The molecule has 0 fully saturated rings. The van der Waals surface area contributed by atoms with Crippen molar-refractivity contribution in [2.45, 2.75) is 25.3 Å². The van der Waals surface area contributed by atoms with Gasteiger partial charge in [-0.2, -0.15) is 5.26 Å².